The molecule has 0 aliphatic rings. The molecule has 18 unspecified atom stereocenters. The Labute approximate surface area is 285 Å². The molecule has 230 valence electrons. The van der Waals surface area contributed by atoms with Gasteiger partial charge in [-0.3, -0.25) is 4.76 Å². The number of hydrogen-bond acceptors (Lipinski definition) is 2. The predicted octanol–water partition coefficient (Wildman–Crippen LogP) is 15.6. The van der Waals surface area contributed by atoms with Crippen LogP contribution >= 0.6 is 193 Å². The van der Waals surface area contributed by atoms with E-state index in [1.165, 1.54) is 0 Å². The average molecular weight is 984 g/mol. The van der Waals surface area contributed by atoms with E-state index in [0.29, 0.717) is 0 Å². The molecule has 26 heteroatoms. The zero-order valence-electron chi connectivity index (χ0n) is 21.9. The molecule has 0 bridgehead atoms. The zero-order chi connectivity index (χ0) is 30.9. The van der Waals surface area contributed by atoms with Crippen molar-refractivity contribution >= 4 is 210 Å². The van der Waals surface area contributed by atoms with Gasteiger partial charge in [0.1, 0.15) is 0 Å². The van der Waals surface area contributed by atoms with E-state index >= 15 is 0 Å². The van der Waals surface area contributed by atoms with E-state index in [1.807, 2.05) is 19.3 Å². The molecule has 0 spiro atoms. The summed E-state index contributed by atoms with van der Waals surface area (Å²) >= 11 is 0. The summed E-state index contributed by atoms with van der Waals surface area (Å²) in [7, 11) is 42.8. The molecular weight excluding hydrogens is 940 g/mol. The molecule has 0 heterocycles. The van der Waals surface area contributed by atoms with Crippen molar-refractivity contribution in [2.75, 3.05) is 7.05 Å². The van der Waals surface area contributed by atoms with Crippen LogP contribution in [0.5, 0.6) is 0 Å². The molecule has 0 aromatic carbocycles. The third-order valence-electron chi connectivity index (χ3n) is 3.90. The molecule has 0 aromatic rings. The second-order valence-corrected chi connectivity index (χ2v) is 94.9. The number of nitrogens with one attached hydrogen (secondary N) is 1. The Balaban J connectivity index is 5.84. The lowest BCUT2D eigenvalue weighted by molar-refractivity contribution is 1.10. The van der Waals surface area contributed by atoms with Crippen LogP contribution in [0, 0.1) is 0 Å². The van der Waals surface area contributed by atoms with E-state index in [1.54, 1.807) is 0 Å². The van der Waals surface area contributed by atoms with Crippen molar-refractivity contribution in [3.63, 3.8) is 0 Å². The Kier molecular flexibility index (Phi) is 33.6. The molecule has 40 heavy (non-hydrogen) atoms. The summed E-state index contributed by atoms with van der Waals surface area (Å²) in [6.07, 6.45) is 18.0. The van der Waals surface area contributed by atoms with Gasteiger partial charge in [-0.05, 0) is 65.1 Å². The first-order valence-corrected chi connectivity index (χ1v) is 53.2. The number of allylic oxidation sites excluding steroid dienone is 8. The summed E-state index contributed by atoms with van der Waals surface area (Å²) < 4.78 is 5.32. The minimum Gasteiger partial charge on any atom is -0.394 e. The number of nitrogens with zero attached hydrogens (tertiary/aromatic N) is 1. The normalized spacial score (nSPS) is 18.1. The highest BCUT2D eigenvalue weighted by Gasteiger charge is 2.38. The molecule has 0 amide bonds. The fourth-order valence-electron chi connectivity index (χ4n) is 2.29. The third-order valence-corrected chi connectivity index (χ3v) is 126. The Bertz CT molecular complexity index is 997. The largest absolute Gasteiger partial charge is 0.394 e. The summed E-state index contributed by atoms with van der Waals surface area (Å²) in [4.78, 5) is 0. The standard InChI is InChI=1S/C14H44N2P24/c1-15-10-6-5-8-12-39(27,28)14-40(29,35(24)25)13-9-4-2-3-7-11-16-31(37(32(18)19)33(20)21)38(34(22)23)36(26)30-17/h2-15,30H,17-29H2,1H3. The van der Waals surface area contributed by atoms with E-state index in [-0.39, 0.29) is 56.4 Å². The van der Waals surface area contributed by atoms with Crippen LogP contribution in [-0.4, -0.2) is 24.6 Å². The van der Waals surface area contributed by atoms with Gasteiger partial charge in [-0.15, -0.1) is 116 Å². The lowest BCUT2D eigenvalue weighted by Crippen LogP contribution is -1.89. The zero-order valence-corrected chi connectivity index (χ0v) is 46.9. The monoisotopic (exact) mass is 984 g/mol. The predicted molar refractivity (Wildman–Crippen MR) is 279 cm³/mol. The van der Waals surface area contributed by atoms with Crippen molar-refractivity contribution in [2.45, 2.75) is 0 Å². The van der Waals surface area contributed by atoms with Crippen LogP contribution in [0.4, 0.5) is 0 Å². The van der Waals surface area contributed by atoms with Gasteiger partial charge in [-0.1, -0.05) is 62.3 Å². The minimum absolute atomic E-state index is 0.0573. The SMILES string of the molecule is CNC=CC=CC=P(P)(P)C=P(P)(C=CC=CC=CC=NP(P(P(P)P)P(P)P)P(P(P)P)P(P)PP)P(P)P. The van der Waals surface area contributed by atoms with Gasteiger partial charge in [-0.25, -0.2) is 0 Å². The van der Waals surface area contributed by atoms with E-state index in [9.17, 15) is 0 Å². The van der Waals surface area contributed by atoms with Crippen LogP contribution in [0.25, 0.3) is 0 Å². The van der Waals surface area contributed by atoms with Crippen LogP contribution in [-0.2, 0) is 0 Å². The lowest BCUT2D eigenvalue weighted by Gasteiger charge is -2.39. The van der Waals surface area contributed by atoms with Gasteiger partial charge < -0.3 is 5.32 Å². The maximum absolute atomic E-state index is 5.32. The summed E-state index contributed by atoms with van der Waals surface area (Å²) in [5, 5.41) is 3.01. The first-order valence-electron chi connectivity index (χ1n) is 10.6. The Morgan fingerprint density at radius 1 is 0.700 bits per heavy atom. The molecule has 0 aromatic heterocycles. The van der Waals surface area contributed by atoms with Crippen LogP contribution in [0.2, 0.25) is 0 Å². The van der Waals surface area contributed by atoms with Gasteiger partial charge in [0, 0.05) is 27.2 Å². The average Bonchev–Trinajstić information content (AvgIpc) is 2.84. The van der Waals surface area contributed by atoms with Gasteiger partial charge >= 0.3 is 0 Å². The van der Waals surface area contributed by atoms with Crippen molar-refractivity contribution in [3.05, 3.63) is 60.6 Å². The van der Waals surface area contributed by atoms with Gasteiger partial charge in [0.05, 0.1) is 7.45 Å². The second-order valence-electron chi connectivity index (χ2n) is 7.16. The van der Waals surface area contributed by atoms with Crippen molar-refractivity contribution in [1.82, 2.24) is 5.32 Å². The van der Waals surface area contributed by atoms with Gasteiger partial charge in [0.2, 0.25) is 0 Å². The highest BCUT2D eigenvalue weighted by Crippen LogP contribution is 3.22. The van der Waals surface area contributed by atoms with Gasteiger partial charge in [0.25, 0.3) is 0 Å². The van der Waals surface area contributed by atoms with Crippen molar-refractivity contribution < 1.29 is 0 Å². The van der Waals surface area contributed by atoms with E-state index in [2.05, 4.69) is 187 Å². The number of rotatable bonds is 17. The molecule has 0 radical (unpaired) electrons. The van der Waals surface area contributed by atoms with Crippen LogP contribution < -0.4 is 5.32 Å². The lowest BCUT2D eigenvalue weighted by atomic mass is 10.4. The first-order chi connectivity index (χ1) is 18.6. The molecule has 18 atom stereocenters. The quantitative estimate of drug-likeness (QED) is 0.0877. The molecule has 0 aliphatic heterocycles. The van der Waals surface area contributed by atoms with Crippen LogP contribution in [0.15, 0.2) is 65.4 Å². The fraction of sp³-hybridized carbons (Fsp3) is 0.0714. The van der Waals surface area contributed by atoms with Crippen LogP contribution in [0.1, 0.15) is 0 Å². The first kappa shape index (κ1) is 48.2. The van der Waals surface area contributed by atoms with Crippen LogP contribution in [0.3, 0.4) is 0 Å². The summed E-state index contributed by atoms with van der Waals surface area (Å²) in [6, 6.07) is 0. The molecule has 2 nitrogen and oxygen atoms in total. The second kappa shape index (κ2) is 27.8. The fourth-order valence-corrected chi connectivity index (χ4v) is 174. The Morgan fingerprint density at radius 2 is 1.23 bits per heavy atom. The molecule has 0 rings (SSSR count). The molecule has 0 fully saturated rings. The van der Waals surface area contributed by atoms with E-state index < -0.39 is 12.5 Å². The third kappa shape index (κ3) is 21.6. The van der Waals surface area contributed by atoms with Gasteiger partial charge in [0.15, 0.2) is 0 Å². The highest BCUT2D eigenvalue weighted by atomic mass is 33.3. The number of hydrogen-bond donors (Lipinski definition) is 1. The Morgan fingerprint density at radius 3 is 1.73 bits per heavy atom. The van der Waals surface area contributed by atoms with Crippen molar-refractivity contribution in [3.8, 4) is 0 Å². The Hall–Kier alpha value is 8.23. The minimum atomic E-state index is -1.45. The molecular formula is C14H44N2P24. The summed E-state index contributed by atoms with van der Waals surface area (Å²) in [5.41, 5.74) is 2.56. The molecule has 0 saturated heterocycles. The highest BCUT2D eigenvalue weighted by molar-refractivity contribution is 9.25. The van der Waals surface area contributed by atoms with Crippen molar-refractivity contribution in [1.29, 1.82) is 0 Å². The molecule has 0 saturated carbocycles. The summed E-state index contributed by atoms with van der Waals surface area (Å²) in [5.74, 6) is 4.70. The maximum Gasteiger partial charge on any atom is 0.0837 e. The van der Waals surface area contributed by atoms with E-state index in [4.69, 9.17) is 4.76 Å². The maximum atomic E-state index is 5.32. The molecule has 0 aliphatic carbocycles. The smallest absolute Gasteiger partial charge is 0.0837 e. The van der Waals surface area contributed by atoms with Gasteiger partial charge in [-0.2, -0.15) is 0 Å². The summed E-state index contributed by atoms with van der Waals surface area (Å²) in [6.45, 7) is -1.04. The van der Waals surface area contributed by atoms with E-state index in [0.717, 1.165) is 7.96 Å². The molecule has 1 N–H and O–H groups in total. The van der Waals surface area contributed by atoms with Crippen molar-refractivity contribution in [2.24, 2.45) is 4.76 Å². The topological polar surface area (TPSA) is 24.4 Å².